The largest absolute Gasteiger partial charge is 0.508 e. The van der Waals surface area contributed by atoms with Crippen LogP contribution in [0.25, 0.3) is 0 Å². The first-order valence-corrected chi connectivity index (χ1v) is 9.00. The Morgan fingerprint density at radius 2 is 1.69 bits per heavy atom. The number of phenols is 1. The third kappa shape index (κ3) is 3.75. The van der Waals surface area contributed by atoms with Gasteiger partial charge < -0.3 is 15.3 Å². The van der Waals surface area contributed by atoms with Crippen molar-refractivity contribution < 1.29 is 19.7 Å². The Morgan fingerprint density at radius 1 is 1.08 bits per heavy atom. The zero-order valence-corrected chi connectivity index (χ0v) is 15.2. The molecule has 0 saturated carbocycles. The quantitative estimate of drug-likeness (QED) is 0.784. The zero-order valence-electron chi connectivity index (χ0n) is 15.2. The van der Waals surface area contributed by atoms with Crippen LogP contribution in [-0.2, 0) is 5.60 Å². The van der Waals surface area contributed by atoms with E-state index in [-0.39, 0.29) is 17.6 Å². The number of aliphatic hydroxyl groups excluding tert-OH is 1. The number of likely N-dealkylation sites (tertiary alicyclic amines) is 1. The lowest BCUT2D eigenvalue weighted by Gasteiger charge is -2.42. The second kappa shape index (κ2) is 7.35. The first kappa shape index (κ1) is 18.8. The SMILES string of the molecule is Cc1cc([C@H](O)[C@H](C)N2CCC(O)(c3ccc(F)cc3)CC2)ccc1O. The van der Waals surface area contributed by atoms with Crippen LogP contribution in [-0.4, -0.2) is 39.4 Å². The molecule has 1 aliphatic rings. The topological polar surface area (TPSA) is 63.9 Å². The number of hydrogen-bond acceptors (Lipinski definition) is 4. The van der Waals surface area contributed by atoms with Crippen LogP contribution in [0, 0.1) is 12.7 Å². The molecule has 2 aromatic rings. The van der Waals surface area contributed by atoms with Crippen LogP contribution in [0.5, 0.6) is 5.75 Å². The molecule has 5 heteroatoms. The summed E-state index contributed by atoms with van der Waals surface area (Å²) in [4.78, 5) is 2.16. The third-order valence-corrected chi connectivity index (χ3v) is 5.60. The van der Waals surface area contributed by atoms with Gasteiger partial charge in [0.2, 0.25) is 0 Å². The van der Waals surface area contributed by atoms with E-state index < -0.39 is 11.7 Å². The Morgan fingerprint density at radius 3 is 2.27 bits per heavy atom. The van der Waals surface area contributed by atoms with Crippen LogP contribution < -0.4 is 0 Å². The van der Waals surface area contributed by atoms with Crippen LogP contribution >= 0.6 is 0 Å². The standard InChI is InChI=1S/C21H26FNO3/c1-14-13-16(3-8-19(14)24)20(25)15(2)23-11-9-21(26,10-12-23)17-4-6-18(22)7-5-17/h3-8,13,15,20,24-26H,9-12H2,1-2H3/t15-,20+/m0/s1. The predicted molar refractivity (Wildman–Crippen MR) is 98.4 cm³/mol. The van der Waals surface area contributed by atoms with Crippen LogP contribution in [0.1, 0.15) is 42.6 Å². The van der Waals surface area contributed by atoms with Crippen molar-refractivity contribution in [3.63, 3.8) is 0 Å². The molecule has 0 unspecified atom stereocenters. The number of hydrogen-bond donors (Lipinski definition) is 3. The number of rotatable bonds is 4. The Balaban J connectivity index is 1.66. The van der Waals surface area contributed by atoms with E-state index in [1.807, 2.05) is 6.92 Å². The number of aromatic hydroxyl groups is 1. The third-order valence-electron chi connectivity index (χ3n) is 5.60. The van der Waals surface area contributed by atoms with Crippen molar-refractivity contribution in [2.75, 3.05) is 13.1 Å². The molecule has 0 aromatic heterocycles. The van der Waals surface area contributed by atoms with Gasteiger partial charge in [0.25, 0.3) is 0 Å². The van der Waals surface area contributed by atoms with E-state index in [2.05, 4.69) is 4.90 Å². The minimum Gasteiger partial charge on any atom is -0.508 e. The minimum atomic E-state index is -0.954. The molecule has 1 heterocycles. The highest BCUT2D eigenvalue weighted by Gasteiger charge is 2.36. The van der Waals surface area contributed by atoms with Crippen LogP contribution in [0.4, 0.5) is 4.39 Å². The summed E-state index contributed by atoms with van der Waals surface area (Å²) in [7, 11) is 0. The average molecular weight is 359 g/mol. The number of benzene rings is 2. The van der Waals surface area contributed by atoms with E-state index in [0.29, 0.717) is 25.9 Å². The van der Waals surface area contributed by atoms with Gasteiger partial charge >= 0.3 is 0 Å². The number of piperidine rings is 1. The van der Waals surface area contributed by atoms with E-state index >= 15 is 0 Å². The van der Waals surface area contributed by atoms with Crippen molar-refractivity contribution in [2.24, 2.45) is 0 Å². The Hall–Kier alpha value is -1.95. The van der Waals surface area contributed by atoms with Crippen molar-refractivity contribution in [1.29, 1.82) is 0 Å². The van der Waals surface area contributed by atoms with Gasteiger partial charge in [0, 0.05) is 19.1 Å². The molecule has 2 aromatic carbocycles. The number of aliphatic hydroxyl groups is 2. The highest BCUT2D eigenvalue weighted by Crippen LogP contribution is 2.35. The van der Waals surface area contributed by atoms with Crippen LogP contribution in [0.3, 0.4) is 0 Å². The lowest BCUT2D eigenvalue weighted by Crippen LogP contribution is -2.47. The van der Waals surface area contributed by atoms with Crippen LogP contribution in [0.15, 0.2) is 42.5 Å². The number of phenolic OH excluding ortho intramolecular Hbond substituents is 1. The van der Waals surface area contributed by atoms with Crippen molar-refractivity contribution in [1.82, 2.24) is 4.90 Å². The fourth-order valence-electron chi connectivity index (χ4n) is 3.69. The fourth-order valence-corrected chi connectivity index (χ4v) is 3.69. The molecule has 4 nitrogen and oxygen atoms in total. The highest BCUT2D eigenvalue weighted by atomic mass is 19.1. The Kier molecular flexibility index (Phi) is 5.32. The summed E-state index contributed by atoms with van der Waals surface area (Å²) in [6.45, 7) is 5.06. The summed E-state index contributed by atoms with van der Waals surface area (Å²) < 4.78 is 13.1. The Labute approximate surface area is 153 Å². The Bertz CT molecular complexity index is 754. The maximum absolute atomic E-state index is 13.1. The first-order chi connectivity index (χ1) is 12.3. The predicted octanol–water partition coefficient (Wildman–Crippen LogP) is 3.25. The average Bonchev–Trinajstić information content (AvgIpc) is 2.64. The summed E-state index contributed by atoms with van der Waals surface area (Å²) in [5.74, 6) is -0.0911. The molecular weight excluding hydrogens is 333 g/mol. The van der Waals surface area contributed by atoms with Gasteiger partial charge in [0.1, 0.15) is 11.6 Å². The maximum Gasteiger partial charge on any atom is 0.123 e. The fraction of sp³-hybridized carbons (Fsp3) is 0.429. The number of aryl methyl sites for hydroxylation is 1. The minimum absolute atomic E-state index is 0.114. The molecular formula is C21H26FNO3. The van der Waals surface area contributed by atoms with Gasteiger partial charge in [-0.2, -0.15) is 0 Å². The number of halogens is 1. The lowest BCUT2D eigenvalue weighted by molar-refractivity contribution is -0.0502. The number of nitrogens with zero attached hydrogens (tertiary/aromatic N) is 1. The normalized spacial score (nSPS) is 19.9. The molecule has 2 atom stereocenters. The monoisotopic (exact) mass is 359 g/mol. The van der Waals surface area contributed by atoms with Gasteiger partial charge in [-0.3, -0.25) is 4.90 Å². The molecule has 0 spiro atoms. The van der Waals surface area contributed by atoms with E-state index in [1.54, 1.807) is 37.3 Å². The molecule has 140 valence electrons. The summed E-state index contributed by atoms with van der Waals surface area (Å²) in [6.07, 6.45) is 0.389. The molecule has 1 saturated heterocycles. The summed E-state index contributed by atoms with van der Waals surface area (Å²) >= 11 is 0. The summed E-state index contributed by atoms with van der Waals surface area (Å²) in [5.41, 5.74) is 1.29. The second-order valence-corrected chi connectivity index (χ2v) is 7.31. The van der Waals surface area contributed by atoms with Gasteiger partial charge in [-0.25, -0.2) is 4.39 Å². The van der Waals surface area contributed by atoms with Crippen LogP contribution in [0.2, 0.25) is 0 Å². The van der Waals surface area contributed by atoms with Gasteiger partial charge in [-0.05, 0) is 67.6 Å². The lowest BCUT2D eigenvalue weighted by atomic mass is 9.83. The van der Waals surface area contributed by atoms with Gasteiger partial charge in [0.15, 0.2) is 0 Å². The smallest absolute Gasteiger partial charge is 0.123 e. The van der Waals surface area contributed by atoms with Crippen molar-refractivity contribution >= 4 is 0 Å². The van der Waals surface area contributed by atoms with Crippen molar-refractivity contribution in [2.45, 2.75) is 44.4 Å². The van der Waals surface area contributed by atoms with E-state index in [1.165, 1.54) is 12.1 Å². The molecule has 0 amide bonds. The van der Waals surface area contributed by atoms with Gasteiger partial charge in [-0.15, -0.1) is 0 Å². The molecule has 3 rings (SSSR count). The molecule has 0 radical (unpaired) electrons. The highest BCUT2D eigenvalue weighted by molar-refractivity contribution is 5.36. The molecule has 0 bridgehead atoms. The van der Waals surface area contributed by atoms with Gasteiger partial charge in [-0.1, -0.05) is 18.2 Å². The van der Waals surface area contributed by atoms with E-state index in [9.17, 15) is 19.7 Å². The molecule has 1 fully saturated rings. The van der Waals surface area contributed by atoms with E-state index in [4.69, 9.17) is 0 Å². The first-order valence-electron chi connectivity index (χ1n) is 9.00. The van der Waals surface area contributed by atoms with Crippen molar-refractivity contribution in [3.05, 3.63) is 65.0 Å². The maximum atomic E-state index is 13.1. The summed E-state index contributed by atoms with van der Waals surface area (Å²) in [5, 5.41) is 31.3. The zero-order chi connectivity index (χ0) is 18.9. The summed E-state index contributed by atoms with van der Waals surface area (Å²) in [6, 6.07) is 11.1. The molecule has 1 aliphatic heterocycles. The van der Waals surface area contributed by atoms with Crippen molar-refractivity contribution in [3.8, 4) is 5.75 Å². The molecule has 3 N–H and O–H groups in total. The molecule has 26 heavy (non-hydrogen) atoms. The van der Waals surface area contributed by atoms with E-state index in [0.717, 1.165) is 16.7 Å². The second-order valence-electron chi connectivity index (χ2n) is 7.31. The van der Waals surface area contributed by atoms with Gasteiger partial charge in [0.05, 0.1) is 11.7 Å². The molecule has 0 aliphatic carbocycles.